The molecule has 1 aliphatic rings. The summed E-state index contributed by atoms with van der Waals surface area (Å²) in [6.07, 6.45) is 0.661. The minimum absolute atomic E-state index is 0.0160. The van der Waals surface area contributed by atoms with E-state index in [2.05, 4.69) is 15.3 Å². The van der Waals surface area contributed by atoms with Crippen LogP contribution in [0.25, 0.3) is 5.69 Å². The van der Waals surface area contributed by atoms with E-state index < -0.39 is 9.84 Å². The highest BCUT2D eigenvalue weighted by atomic mass is 32.2. The van der Waals surface area contributed by atoms with Crippen LogP contribution < -0.4 is 0 Å². The summed E-state index contributed by atoms with van der Waals surface area (Å²) >= 11 is 5.57. The monoisotopic (exact) mass is 381 g/mol. The zero-order chi connectivity index (χ0) is 18.2. The van der Waals surface area contributed by atoms with Gasteiger partial charge in [0.25, 0.3) is 0 Å². The highest BCUT2D eigenvalue weighted by Gasteiger charge is 2.32. The SMILES string of the molecule is CCN(Cn1nnn(-c2c(C)cccc2C)c1=S)[C@H]1CCS(=O)(=O)C1. The fourth-order valence-corrected chi connectivity index (χ4v) is 5.34. The summed E-state index contributed by atoms with van der Waals surface area (Å²) < 4.78 is 27.4. The van der Waals surface area contributed by atoms with Gasteiger partial charge in [0.15, 0.2) is 9.84 Å². The molecule has 1 aromatic carbocycles. The Labute approximate surface area is 153 Å². The second kappa shape index (κ2) is 6.97. The Bertz CT molecular complexity index is 912. The predicted molar refractivity (Wildman–Crippen MR) is 99.1 cm³/mol. The fourth-order valence-electron chi connectivity index (χ4n) is 3.35. The van der Waals surface area contributed by atoms with Crippen molar-refractivity contribution in [2.45, 2.75) is 39.9 Å². The Kier molecular flexibility index (Phi) is 5.08. The second-order valence-corrected chi connectivity index (χ2v) is 9.11. The van der Waals surface area contributed by atoms with Crippen LogP contribution in [0.15, 0.2) is 18.2 Å². The Morgan fingerprint density at radius 1 is 1.28 bits per heavy atom. The van der Waals surface area contributed by atoms with Crippen molar-refractivity contribution in [3.8, 4) is 5.69 Å². The first kappa shape index (κ1) is 18.2. The van der Waals surface area contributed by atoms with E-state index >= 15 is 0 Å². The molecular formula is C16H23N5O2S2. The number of tetrazole rings is 1. The number of rotatable bonds is 5. The van der Waals surface area contributed by atoms with Gasteiger partial charge >= 0.3 is 0 Å². The van der Waals surface area contributed by atoms with Crippen molar-refractivity contribution in [1.29, 1.82) is 0 Å². The van der Waals surface area contributed by atoms with Crippen LogP contribution >= 0.6 is 12.2 Å². The van der Waals surface area contributed by atoms with Gasteiger partial charge in [0, 0.05) is 6.04 Å². The molecule has 1 aliphatic heterocycles. The van der Waals surface area contributed by atoms with Gasteiger partial charge in [-0.1, -0.05) is 25.1 Å². The first-order chi connectivity index (χ1) is 11.8. The van der Waals surface area contributed by atoms with Gasteiger partial charge in [-0.2, -0.15) is 4.68 Å². The lowest BCUT2D eigenvalue weighted by Gasteiger charge is -2.25. The molecule has 0 radical (unpaired) electrons. The van der Waals surface area contributed by atoms with E-state index in [-0.39, 0.29) is 17.5 Å². The third-order valence-corrected chi connectivity index (χ3v) is 6.87. The molecule has 0 bridgehead atoms. The van der Waals surface area contributed by atoms with Crippen molar-refractivity contribution >= 4 is 22.1 Å². The number of sulfone groups is 1. The highest BCUT2D eigenvalue weighted by Crippen LogP contribution is 2.20. The average Bonchev–Trinajstić information content (AvgIpc) is 3.08. The topological polar surface area (TPSA) is 73.0 Å². The first-order valence-electron chi connectivity index (χ1n) is 8.36. The molecule has 1 atom stereocenters. The smallest absolute Gasteiger partial charge is 0.221 e. The van der Waals surface area contributed by atoms with Crippen molar-refractivity contribution in [1.82, 2.24) is 24.7 Å². The molecule has 0 N–H and O–H groups in total. The Balaban J connectivity index is 1.88. The van der Waals surface area contributed by atoms with Crippen molar-refractivity contribution < 1.29 is 8.42 Å². The zero-order valence-corrected chi connectivity index (χ0v) is 16.3. The molecule has 0 amide bonds. The van der Waals surface area contributed by atoms with Gasteiger partial charge in [-0.05, 0) is 60.6 Å². The molecule has 1 saturated heterocycles. The highest BCUT2D eigenvalue weighted by molar-refractivity contribution is 7.91. The van der Waals surface area contributed by atoms with Crippen LogP contribution in [0.4, 0.5) is 0 Å². The molecule has 0 saturated carbocycles. The largest absolute Gasteiger partial charge is 0.280 e. The van der Waals surface area contributed by atoms with Gasteiger partial charge in [0.1, 0.15) is 0 Å². The molecule has 0 aliphatic carbocycles. The second-order valence-electron chi connectivity index (χ2n) is 6.52. The molecule has 136 valence electrons. The Hall–Kier alpha value is -1.58. The van der Waals surface area contributed by atoms with Crippen LogP contribution in [0.2, 0.25) is 0 Å². The normalized spacial score (nSPS) is 19.6. The Morgan fingerprint density at radius 3 is 2.52 bits per heavy atom. The predicted octanol–water partition coefficient (Wildman–Crippen LogP) is 1.88. The molecule has 3 rings (SSSR count). The quantitative estimate of drug-likeness (QED) is 0.737. The Morgan fingerprint density at radius 2 is 1.96 bits per heavy atom. The number of hydrogen-bond donors (Lipinski definition) is 0. The standard InChI is InChI=1S/C16H23N5O2S2/c1-4-19(14-8-9-25(22,23)10-14)11-20-16(24)21(18-17-20)15-12(2)6-5-7-13(15)3/h5-7,14H,4,8-11H2,1-3H3/t14-/m0/s1. The third kappa shape index (κ3) is 3.68. The molecule has 0 spiro atoms. The molecule has 2 aromatic rings. The summed E-state index contributed by atoms with van der Waals surface area (Å²) in [6.45, 7) is 7.23. The number of aromatic nitrogens is 4. The van der Waals surface area contributed by atoms with E-state index in [1.807, 2.05) is 39.0 Å². The van der Waals surface area contributed by atoms with Crippen LogP contribution in [-0.2, 0) is 16.5 Å². The van der Waals surface area contributed by atoms with Gasteiger partial charge in [-0.3, -0.25) is 4.90 Å². The molecule has 1 fully saturated rings. The number of para-hydroxylation sites is 1. The fraction of sp³-hybridized carbons (Fsp3) is 0.562. The van der Waals surface area contributed by atoms with Crippen molar-refractivity contribution in [3.63, 3.8) is 0 Å². The van der Waals surface area contributed by atoms with E-state index in [9.17, 15) is 8.42 Å². The summed E-state index contributed by atoms with van der Waals surface area (Å²) in [5.41, 5.74) is 3.11. The lowest BCUT2D eigenvalue weighted by molar-refractivity contribution is 0.162. The van der Waals surface area contributed by atoms with Crippen molar-refractivity contribution in [2.24, 2.45) is 0 Å². The average molecular weight is 382 g/mol. The van der Waals surface area contributed by atoms with E-state index in [0.29, 0.717) is 17.9 Å². The lowest BCUT2D eigenvalue weighted by Crippen LogP contribution is -2.37. The number of benzene rings is 1. The number of nitrogens with zero attached hydrogens (tertiary/aromatic N) is 5. The van der Waals surface area contributed by atoms with Crippen LogP contribution in [0, 0.1) is 18.6 Å². The van der Waals surface area contributed by atoms with Crippen LogP contribution in [0.1, 0.15) is 24.5 Å². The van der Waals surface area contributed by atoms with Gasteiger partial charge in [-0.15, -0.1) is 0 Å². The van der Waals surface area contributed by atoms with Crippen molar-refractivity contribution in [2.75, 3.05) is 18.1 Å². The van der Waals surface area contributed by atoms with E-state index in [4.69, 9.17) is 12.2 Å². The minimum atomic E-state index is -2.92. The maximum absolute atomic E-state index is 11.8. The van der Waals surface area contributed by atoms with Crippen molar-refractivity contribution in [3.05, 3.63) is 34.1 Å². The maximum Gasteiger partial charge on any atom is 0.221 e. The number of aryl methyl sites for hydroxylation is 2. The summed E-state index contributed by atoms with van der Waals surface area (Å²) in [5.74, 6) is 0.466. The molecule has 1 aromatic heterocycles. The van der Waals surface area contributed by atoms with Gasteiger partial charge in [0.05, 0.1) is 23.9 Å². The van der Waals surface area contributed by atoms with Crippen LogP contribution in [0.5, 0.6) is 0 Å². The molecule has 7 nitrogen and oxygen atoms in total. The zero-order valence-electron chi connectivity index (χ0n) is 14.7. The third-order valence-electron chi connectivity index (χ3n) is 4.74. The maximum atomic E-state index is 11.8. The van der Waals surface area contributed by atoms with E-state index in [0.717, 1.165) is 23.4 Å². The van der Waals surface area contributed by atoms with Gasteiger partial charge in [-0.25, -0.2) is 13.1 Å². The van der Waals surface area contributed by atoms with E-state index in [1.165, 1.54) is 0 Å². The summed E-state index contributed by atoms with van der Waals surface area (Å²) in [6, 6.07) is 6.05. The minimum Gasteiger partial charge on any atom is -0.280 e. The van der Waals surface area contributed by atoms with E-state index in [1.54, 1.807) is 9.36 Å². The summed E-state index contributed by atoms with van der Waals surface area (Å²) in [7, 11) is -2.92. The van der Waals surface area contributed by atoms with Gasteiger partial charge < -0.3 is 0 Å². The number of hydrogen-bond acceptors (Lipinski definition) is 6. The molecule has 25 heavy (non-hydrogen) atoms. The first-order valence-corrected chi connectivity index (χ1v) is 10.6. The molecular weight excluding hydrogens is 358 g/mol. The van der Waals surface area contributed by atoms with Crippen LogP contribution in [-0.4, -0.2) is 57.2 Å². The van der Waals surface area contributed by atoms with Gasteiger partial charge in [0.2, 0.25) is 4.77 Å². The summed E-state index contributed by atoms with van der Waals surface area (Å²) in [5, 5.41) is 8.43. The molecule has 9 heteroatoms. The summed E-state index contributed by atoms with van der Waals surface area (Å²) in [4.78, 5) is 2.10. The lowest BCUT2D eigenvalue weighted by atomic mass is 10.1. The molecule has 0 unspecified atom stereocenters. The van der Waals surface area contributed by atoms with Crippen LogP contribution in [0.3, 0.4) is 0 Å². The molecule has 2 heterocycles.